The molecule has 0 fully saturated rings. The third kappa shape index (κ3) is 1.66. The minimum Gasteiger partial charge on any atom is -0.364 e. The van der Waals surface area contributed by atoms with Gasteiger partial charge in [0.15, 0.2) is 0 Å². The topological polar surface area (TPSA) is 67.8 Å². The molecule has 0 aliphatic heterocycles. The molecule has 5 heteroatoms. The molecule has 0 aliphatic rings. The van der Waals surface area contributed by atoms with Gasteiger partial charge in [0.25, 0.3) is 5.96 Å². The number of hydrogen-bond donors (Lipinski definition) is 1. The fourth-order valence-electron chi connectivity index (χ4n) is 0.0154. The molecule has 0 bridgehead atoms. The van der Waals surface area contributed by atoms with Crippen LogP contribution in [0.3, 0.4) is 0 Å². The molecule has 0 aliphatic carbocycles. The highest BCUT2D eigenvalue weighted by molar-refractivity contribution is 6.19. The standard InChI is InChI=1S/CH2ClN3O/c2-4-1(3)5-6/h(H2,3,4). The van der Waals surface area contributed by atoms with Crippen LogP contribution in [0.5, 0.6) is 0 Å². The van der Waals surface area contributed by atoms with E-state index in [4.69, 9.17) is 4.91 Å². The highest BCUT2D eigenvalue weighted by atomic mass is 35.5. The molecule has 2 N–H and O–H groups in total. The molecule has 0 unspecified atom stereocenters. The first-order valence-electron chi connectivity index (χ1n) is 1.09. The number of rotatable bonds is 0. The van der Waals surface area contributed by atoms with Crippen molar-refractivity contribution in [1.29, 1.82) is 0 Å². The summed E-state index contributed by atoms with van der Waals surface area (Å²) in [4.78, 5) is 9.15. The number of nitroso groups, excluding NO2 is 1. The highest BCUT2D eigenvalue weighted by Crippen LogP contribution is 1.73. The van der Waals surface area contributed by atoms with Gasteiger partial charge in [-0.05, 0) is 0 Å². The fourth-order valence-corrected chi connectivity index (χ4v) is 0.0463. The van der Waals surface area contributed by atoms with Crippen LogP contribution in [0, 0.1) is 4.91 Å². The molecule has 0 spiro atoms. The second-order valence-electron chi connectivity index (χ2n) is 0.534. The lowest BCUT2D eigenvalue weighted by atomic mass is 11.1. The molecule has 0 atom stereocenters. The van der Waals surface area contributed by atoms with Gasteiger partial charge in [-0.15, -0.1) is 9.42 Å². The molecule has 4 nitrogen and oxygen atoms in total. The average Bonchev–Trinajstić information content (AvgIpc) is 1.65. The quantitative estimate of drug-likeness (QED) is 0.273. The Morgan fingerprint density at radius 1 is 1.83 bits per heavy atom. The molecule has 0 saturated carbocycles. The SMILES string of the molecule is N/C(N=O)=N\Cl. The molecule has 0 saturated heterocycles. The fraction of sp³-hybridized carbons (Fsp3) is 0. The lowest BCUT2D eigenvalue weighted by Crippen LogP contribution is -2.04. The summed E-state index contributed by atoms with van der Waals surface area (Å²) in [5, 5.41) is 2.15. The van der Waals surface area contributed by atoms with Crippen molar-refractivity contribution in [2.45, 2.75) is 0 Å². The minimum atomic E-state index is -0.448. The molecule has 0 aromatic carbocycles. The normalized spacial score (nSPS) is 11.2. The summed E-state index contributed by atoms with van der Waals surface area (Å²) in [6.45, 7) is 0. The molecule has 34 valence electrons. The van der Waals surface area contributed by atoms with E-state index in [0.29, 0.717) is 0 Å². The zero-order valence-corrected chi connectivity index (χ0v) is 3.51. The average molecular weight is 108 g/mol. The maximum atomic E-state index is 9.15. The van der Waals surface area contributed by atoms with Crippen molar-refractivity contribution in [2.24, 2.45) is 15.4 Å². The van der Waals surface area contributed by atoms with E-state index in [0.717, 1.165) is 0 Å². The van der Waals surface area contributed by atoms with Crippen LogP contribution < -0.4 is 5.73 Å². The first-order chi connectivity index (χ1) is 2.81. The summed E-state index contributed by atoms with van der Waals surface area (Å²) in [5.74, 6) is -0.448. The van der Waals surface area contributed by atoms with E-state index in [9.17, 15) is 0 Å². The summed E-state index contributed by atoms with van der Waals surface area (Å²) in [6, 6.07) is 0. The maximum absolute atomic E-state index is 9.15. The van der Waals surface area contributed by atoms with Crippen LogP contribution in [-0.2, 0) is 0 Å². The van der Waals surface area contributed by atoms with Crippen molar-refractivity contribution in [1.82, 2.24) is 0 Å². The number of nitrogens with zero attached hydrogens (tertiary/aromatic N) is 2. The Hall–Kier alpha value is -0.640. The van der Waals surface area contributed by atoms with Gasteiger partial charge in [-0.25, -0.2) is 0 Å². The minimum absolute atomic E-state index is 0.448. The van der Waals surface area contributed by atoms with E-state index in [1.54, 1.807) is 0 Å². The van der Waals surface area contributed by atoms with E-state index < -0.39 is 5.96 Å². The Balaban J connectivity index is 3.50. The molecule has 0 heterocycles. The van der Waals surface area contributed by atoms with Crippen LogP contribution >= 0.6 is 11.8 Å². The van der Waals surface area contributed by atoms with Gasteiger partial charge in [0.1, 0.15) is 0 Å². The lowest BCUT2D eigenvalue weighted by molar-refractivity contribution is 1.50. The third-order valence-electron chi connectivity index (χ3n) is 0.180. The van der Waals surface area contributed by atoms with Gasteiger partial charge in [-0.3, -0.25) is 0 Å². The zero-order valence-electron chi connectivity index (χ0n) is 2.76. The van der Waals surface area contributed by atoms with Crippen molar-refractivity contribution in [2.75, 3.05) is 0 Å². The Bertz CT molecular complexity index is 78.9. The van der Waals surface area contributed by atoms with Crippen molar-refractivity contribution < 1.29 is 0 Å². The molecule has 0 aromatic rings. The molecular weight excluding hydrogens is 105 g/mol. The van der Waals surface area contributed by atoms with Gasteiger partial charge < -0.3 is 5.73 Å². The Labute approximate surface area is 39.1 Å². The monoisotopic (exact) mass is 107 g/mol. The molecule has 0 rings (SSSR count). The maximum Gasteiger partial charge on any atom is 0.274 e. The van der Waals surface area contributed by atoms with Crippen molar-refractivity contribution in [3.63, 3.8) is 0 Å². The van der Waals surface area contributed by atoms with Gasteiger partial charge in [-0.1, -0.05) is 0 Å². The second-order valence-corrected chi connectivity index (χ2v) is 0.703. The molecular formula is CH2ClN3O. The van der Waals surface area contributed by atoms with Crippen LogP contribution in [0.15, 0.2) is 9.69 Å². The molecule has 0 radical (unpaired) electrons. The first kappa shape index (κ1) is 5.36. The number of halogens is 1. The Morgan fingerprint density at radius 3 is 2.33 bits per heavy atom. The van der Waals surface area contributed by atoms with Gasteiger partial charge in [0.2, 0.25) is 0 Å². The van der Waals surface area contributed by atoms with Crippen molar-refractivity contribution in [3.8, 4) is 0 Å². The van der Waals surface area contributed by atoms with Crippen molar-refractivity contribution in [3.05, 3.63) is 4.91 Å². The van der Waals surface area contributed by atoms with E-state index in [1.165, 1.54) is 0 Å². The number of hydrogen-bond acceptors (Lipinski definition) is 2. The van der Waals surface area contributed by atoms with Crippen LogP contribution in [0.2, 0.25) is 0 Å². The van der Waals surface area contributed by atoms with Crippen LogP contribution in [-0.4, -0.2) is 5.96 Å². The van der Waals surface area contributed by atoms with E-state index >= 15 is 0 Å². The Morgan fingerprint density at radius 2 is 2.33 bits per heavy atom. The second kappa shape index (κ2) is 2.59. The largest absolute Gasteiger partial charge is 0.364 e. The van der Waals surface area contributed by atoms with E-state index in [2.05, 4.69) is 27.2 Å². The molecule has 0 aromatic heterocycles. The van der Waals surface area contributed by atoms with Gasteiger partial charge in [0, 0.05) is 17.0 Å². The van der Waals surface area contributed by atoms with Gasteiger partial charge in [0.05, 0.1) is 0 Å². The van der Waals surface area contributed by atoms with Gasteiger partial charge >= 0.3 is 0 Å². The summed E-state index contributed by atoms with van der Waals surface area (Å²) >= 11 is 4.62. The smallest absolute Gasteiger partial charge is 0.274 e. The summed E-state index contributed by atoms with van der Waals surface area (Å²) in [5.41, 5.74) is 4.61. The predicted molar refractivity (Wildman–Crippen MR) is 23.3 cm³/mol. The number of nitrogens with two attached hydrogens (primary N) is 1. The van der Waals surface area contributed by atoms with Crippen LogP contribution in [0.4, 0.5) is 0 Å². The predicted octanol–water partition coefficient (Wildman–Crippen LogP) is 0.221. The lowest BCUT2D eigenvalue weighted by Gasteiger charge is -1.70. The molecule has 0 amide bonds. The van der Waals surface area contributed by atoms with Crippen LogP contribution in [0.1, 0.15) is 0 Å². The Kier molecular flexibility index (Phi) is 2.31. The van der Waals surface area contributed by atoms with Crippen LogP contribution in [0.25, 0.3) is 0 Å². The highest BCUT2D eigenvalue weighted by Gasteiger charge is 1.78. The molecule has 6 heavy (non-hydrogen) atoms. The summed E-state index contributed by atoms with van der Waals surface area (Å²) in [6.07, 6.45) is 0. The number of guanidine groups is 1. The van der Waals surface area contributed by atoms with E-state index in [1.807, 2.05) is 0 Å². The first-order valence-corrected chi connectivity index (χ1v) is 1.43. The summed E-state index contributed by atoms with van der Waals surface area (Å²) < 4.78 is 2.69. The van der Waals surface area contributed by atoms with E-state index in [-0.39, 0.29) is 0 Å². The third-order valence-corrected chi connectivity index (χ3v) is 0.353. The van der Waals surface area contributed by atoms with Crippen molar-refractivity contribution >= 4 is 17.7 Å². The summed E-state index contributed by atoms with van der Waals surface area (Å²) in [7, 11) is 0. The zero-order chi connectivity index (χ0) is 4.99. The van der Waals surface area contributed by atoms with Gasteiger partial charge in [-0.2, -0.15) is 0 Å².